The van der Waals surface area contributed by atoms with Crippen molar-refractivity contribution >= 4 is 27.3 Å². The van der Waals surface area contributed by atoms with Gasteiger partial charge in [0.2, 0.25) is 0 Å². The van der Waals surface area contributed by atoms with Gasteiger partial charge in [-0.05, 0) is 61.1 Å². The zero-order valence-electron chi connectivity index (χ0n) is 17.0. The molecule has 1 N–H and O–H groups in total. The summed E-state index contributed by atoms with van der Waals surface area (Å²) in [6.45, 7) is 1.43. The predicted octanol–water partition coefficient (Wildman–Crippen LogP) is 4.23. The molecule has 1 aromatic heterocycles. The van der Waals surface area contributed by atoms with Crippen LogP contribution in [0.3, 0.4) is 0 Å². The fourth-order valence-corrected chi connectivity index (χ4v) is 5.10. The lowest BCUT2D eigenvalue weighted by atomic mass is 10.1. The van der Waals surface area contributed by atoms with Gasteiger partial charge in [0.15, 0.2) is 9.84 Å². The normalized spacial score (nSPS) is 12.5. The Kier molecular flexibility index (Phi) is 7.25. The summed E-state index contributed by atoms with van der Waals surface area (Å²) in [5, 5.41) is 1.92. The van der Waals surface area contributed by atoms with Gasteiger partial charge in [0, 0.05) is 36.9 Å². The first-order chi connectivity index (χ1) is 14.7. The van der Waals surface area contributed by atoms with E-state index >= 15 is 0 Å². The molecular weight excluding hydrogens is 444 g/mol. The van der Waals surface area contributed by atoms with Crippen molar-refractivity contribution < 1.29 is 17.2 Å². The highest BCUT2D eigenvalue weighted by atomic mass is 35.5. The number of rotatable bonds is 8. The first-order valence-corrected chi connectivity index (χ1v) is 11.4. The molecule has 0 saturated carbocycles. The molecule has 0 aliphatic heterocycles. The fourth-order valence-electron chi connectivity index (χ4n) is 3.17. The van der Waals surface area contributed by atoms with Crippen LogP contribution in [-0.2, 0) is 9.84 Å². The molecule has 0 amide bonds. The molecule has 31 heavy (non-hydrogen) atoms. The van der Waals surface area contributed by atoms with Gasteiger partial charge in [-0.1, -0.05) is 17.7 Å². The van der Waals surface area contributed by atoms with Crippen LogP contribution in [0.15, 0.2) is 65.7 Å². The van der Waals surface area contributed by atoms with Crippen LogP contribution < -0.4 is 10.2 Å². The Bertz CT molecular complexity index is 1140. The Balaban J connectivity index is 2.11. The van der Waals surface area contributed by atoms with Gasteiger partial charge in [-0.15, -0.1) is 0 Å². The van der Waals surface area contributed by atoms with Gasteiger partial charge in [-0.25, -0.2) is 22.2 Å². The maximum absolute atomic E-state index is 14.7. The van der Waals surface area contributed by atoms with E-state index in [0.717, 1.165) is 24.7 Å². The third kappa shape index (κ3) is 5.20. The van der Waals surface area contributed by atoms with Gasteiger partial charge < -0.3 is 10.2 Å². The monoisotopic (exact) mass is 465 g/mol. The summed E-state index contributed by atoms with van der Waals surface area (Å²) in [7, 11) is -0.447. The van der Waals surface area contributed by atoms with Crippen molar-refractivity contribution in [3.05, 3.63) is 88.6 Å². The number of likely N-dealkylation sites (N-methyl/N-ethyl adjacent to an activating group) is 2. The summed E-state index contributed by atoms with van der Waals surface area (Å²) >= 11 is 5.88. The van der Waals surface area contributed by atoms with E-state index < -0.39 is 26.7 Å². The molecule has 164 valence electrons. The summed E-state index contributed by atoms with van der Waals surface area (Å²) in [5.74, 6) is -0.926. The second-order valence-corrected chi connectivity index (χ2v) is 9.49. The minimum absolute atomic E-state index is 0.0548. The molecule has 0 fully saturated rings. The largest absolute Gasteiger partial charge is 0.358 e. The van der Waals surface area contributed by atoms with Gasteiger partial charge in [0.05, 0.1) is 4.90 Å². The van der Waals surface area contributed by atoms with Crippen LogP contribution in [0.2, 0.25) is 5.02 Å². The standard InChI is InChI=1S/C22H22ClF2N3O2S/c1-26-11-12-28(2)21-10-3-15(14-27-21)22(19-13-17(24)6-9-20(19)25)31(29,30)18-7-4-16(23)5-8-18/h3-10,13-14,22,26H,11-12H2,1-2H3. The molecular formula is C22H22ClF2N3O2S. The molecule has 1 heterocycles. The summed E-state index contributed by atoms with van der Waals surface area (Å²) in [5.41, 5.74) is -0.0572. The first kappa shape index (κ1) is 23.1. The van der Waals surface area contributed by atoms with E-state index in [2.05, 4.69) is 10.3 Å². The molecule has 3 rings (SSSR count). The Morgan fingerprint density at radius 3 is 2.42 bits per heavy atom. The van der Waals surface area contributed by atoms with E-state index in [1.54, 1.807) is 12.1 Å². The van der Waals surface area contributed by atoms with Gasteiger partial charge >= 0.3 is 0 Å². The number of nitrogens with one attached hydrogen (secondary N) is 1. The second-order valence-electron chi connectivity index (χ2n) is 7.02. The molecule has 1 atom stereocenters. The molecule has 3 aromatic rings. The number of aromatic nitrogens is 1. The Labute approximate surface area is 185 Å². The maximum atomic E-state index is 14.7. The zero-order chi connectivity index (χ0) is 22.6. The number of nitrogens with zero attached hydrogens (tertiary/aromatic N) is 2. The van der Waals surface area contributed by atoms with Crippen molar-refractivity contribution in [3.63, 3.8) is 0 Å². The number of hydrogen-bond acceptors (Lipinski definition) is 5. The van der Waals surface area contributed by atoms with Crippen molar-refractivity contribution in [2.24, 2.45) is 0 Å². The summed E-state index contributed by atoms with van der Waals surface area (Å²) < 4.78 is 55.6. The van der Waals surface area contributed by atoms with Crippen molar-refractivity contribution in [2.45, 2.75) is 10.1 Å². The summed E-state index contributed by atoms with van der Waals surface area (Å²) in [6, 6.07) is 11.6. The van der Waals surface area contributed by atoms with Gasteiger partial charge in [-0.2, -0.15) is 0 Å². The Hall–Kier alpha value is -2.55. The van der Waals surface area contributed by atoms with Crippen LogP contribution in [-0.4, -0.2) is 40.6 Å². The van der Waals surface area contributed by atoms with Crippen molar-refractivity contribution in [1.82, 2.24) is 10.3 Å². The van der Waals surface area contributed by atoms with E-state index in [4.69, 9.17) is 11.6 Å². The minimum Gasteiger partial charge on any atom is -0.358 e. The second kappa shape index (κ2) is 9.72. The molecule has 1 unspecified atom stereocenters. The zero-order valence-corrected chi connectivity index (χ0v) is 18.6. The molecule has 9 heteroatoms. The number of halogens is 3. The quantitative estimate of drug-likeness (QED) is 0.539. The van der Waals surface area contributed by atoms with Crippen molar-refractivity contribution in [3.8, 4) is 0 Å². The lowest BCUT2D eigenvalue weighted by molar-refractivity contribution is 0.569. The molecule has 0 saturated heterocycles. The molecule has 5 nitrogen and oxygen atoms in total. The third-order valence-corrected chi connectivity index (χ3v) is 7.18. The Morgan fingerprint density at radius 1 is 1.10 bits per heavy atom. The minimum atomic E-state index is -4.14. The lowest BCUT2D eigenvalue weighted by Gasteiger charge is -2.21. The van der Waals surface area contributed by atoms with Crippen LogP contribution in [0, 0.1) is 11.6 Å². The van der Waals surface area contributed by atoms with Crippen LogP contribution in [0.1, 0.15) is 16.4 Å². The number of hydrogen-bond donors (Lipinski definition) is 1. The molecule has 0 radical (unpaired) electrons. The SMILES string of the molecule is CNCCN(C)c1ccc(C(c2cc(F)ccc2F)S(=O)(=O)c2ccc(Cl)cc2)cn1. The van der Waals surface area contributed by atoms with Gasteiger partial charge in [-0.3, -0.25) is 0 Å². The lowest BCUT2D eigenvalue weighted by Crippen LogP contribution is -2.27. The third-order valence-electron chi connectivity index (χ3n) is 4.85. The average Bonchev–Trinajstić information content (AvgIpc) is 2.75. The first-order valence-electron chi connectivity index (χ1n) is 9.50. The number of benzene rings is 2. The van der Waals surface area contributed by atoms with Crippen LogP contribution >= 0.6 is 11.6 Å². The van der Waals surface area contributed by atoms with E-state index in [9.17, 15) is 17.2 Å². The van der Waals surface area contributed by atoms with Crippen LogP contribution in [0.5, 0.6) is 0 Å². The van der Waals surface area contributed by atoms with Crippen LogP contribution in [0.4, 0.5) is 14.6 Å². The van der Waals surface area contributed by atoms with Crippen LogP contribution in [0.25, 0.3) is 0 Å². The highest BCUT2D eigenvalue weighted by molar-refractivity contribution is 7.91. The summed E-state index contributed by atoms with van der Waals surface area (Å²) in [4.78, 5) is 6.19. The smallest absolute Gasteiger partial charge is 0.189 e. The average molecular weight is 466 g/mol. The van der Waals surface area contributed by atoms with Gasteiger partial charge in [0.25, 0.3) is 0 Å². The van der Waals surface area contributed by atoms with Crippen molar-refractivity contribution in [1.29, 1.82) is 0 Å². The van der Waals surface area contributed by atoms with E-state index in [0.29, 0.717) is 17.4 Å². The van der Waals surface area contributed by atoms with E-state index in [1.807, 2.05) is 19.0 Å². The molecule has 0 aliphatic carbocycles. The Morgan fingerprint density at radius 2 is 1.81 bits per heavy atom. The van der Waals surface area contributed by atoms with Gasteiger partial charge in [0.1, 0.15) is 22.7 Å². The number of sulfone groups is 1. The fraction of sp³-hybridized carbons (Fsp3) is 0.227. The molecule has 2 aromatic carbocycles. The van der Waals surface area contributed by atoms with E-state index in [-0.39, 0.29) is 16.0 Å². The summed E-state index contributed by atoms with van der Waals surface area (Å²) in [6.07, 6.45) is 1.38. The highest BCUT2D eigenvalue weighted by Gasteiger charge is 2.33. The van der Waals surface area contributed by atoms with Crippen molar-refractivity contribution in [2.75, 3.05) is 32.1 Å². The number of pyridine rings is 1. The van der Waals surface area contributed by atoms with E-state index in [1.165, 1.54) is 30.5 Å². The maximum Gasteiger partial charge on any atom is 0.189 e. The molecule has 0 bridgehead atoms. The number of anilines is 1. The molecule has 0 spiro atoms. The topological polar surface area (TPSA) is 62.3 Å². The predicted molar refractivity (Wildman–Crippen MR) is 118 cm³/mol. The molecule has 0 aliphatic rings. The highest BCUT2D eigenvalue weighted by Crippen LogP contribution is 2.37.